The van der Waals surface area contributed by atoms with Gasteiger partial charge in [-0.25, -0.2) is 0 Å². The van der Waals surface area contributed by atoms with Gasteiger partial charge < -0.3 is 9.63 Å². The van der Waals surface area contributed by atoms with Crippen LogP contribution in [0.5, 0.6) is 5.88 Å². The van der Waals surface area contributed by atoms with Gasteiger partial charge >= 0.3 is 0 Å². The van der Waals surface area contributed by atoms with Crippen LogP contribution in [0.4, 0.5) is 11.5 Å². The highest BCUT2D eigenvalue weighted by Gasteiger charge is 2.15. The molecule has 2 aromatic rings. The first-order valence-electron chi connectivity index (χ1n) is 6.41. The molecule has 2 heterocycles. The first kappa shape index (κ1) is 15.1. The predicted molar refractivity (Wildman–Crippen MR) is 78.0 cm³/mol. The zero-order valence-electron chi connectivity index (χ0n) is 11.9. The van der Waals surface area contributed by atoms with E-state index in [9.17, 15) is 9.90 Å². The Morgan fingerprint density at radius 2 is 2.00 bits per heavy atom. The summed E-state index contributed by atoms with van der Waals surface area (Å²) in [5.41, 5.74) is -0.665. The molecule has 0 radical (unpaired) electrons. The molecule has 8 nitrogen and oxygen atoms in total. The number of nitrogens with zero attached hydrogens (tertiary/aromatic N) is 5. The Kier molecular flexibility index (Phi) is 4.32. The molecular weight excluding hydrogens is 294 g/mol. The van der Waals surface area contributed by atoms with Crippen LogP contribution in [0, 0.1) is 11.7 Å². The van der Waals surface area contributed by atoms with E-state index in [1.807, 2.05) is 6.92 Å². The summed E-state index contributed by atoms with van der Waals surface area (Å²) >= 11 is 5.17. The summed E-state index contributed by atoms with van der Waals surface area (Å²) in [5.74, 6) is 0.490. The van der Waals surface area contributed by atoms with Crippen LogP contribution < -0.4 is 5.56 Å². The normalized spacial score (nSPS) is 11.4. The van der Waals surface area contributed by atoms with Gasteiger partial charge in [0, 0.05) is 19.2 Å². The lowest BCUT2D eigenvalue weighted by Gasteiger charge is -2.12. The molecule has 0 saturated heterocycles. The van der Waals surface area contributed by atoms with Crippen LogP contribution in [-0.4, -0.2) is 19.4 Å². The highest BCUT2D eigenvalue weighted by molar-refractivity contribution is 7.71. The molecular formula is C12H15N5O3S. The summed E-state index contributed by atoms with van der Waals surface area (Å²) < 4.78 is 7.87. The van der Waals surface area contributed by atoms with Gasteiger partial charge in [-0.05, 0) is 33.0 Å². The van der Waals surface area contributed by atoms with E-state index in [4.69, 9.17) is 16.7 Å². The molecule has 0 saturated carbocycles. The highest BCUT2D eigenvalue weighted by Crippen LogP contribution is 2.24. The fourth-order valence-electron chi connectivity index (χ4n) is 1.83. The second kappa shape index (κ2) is 6.00. The first-order valence-corrected chi connectivity index (χ1v) is 6.82. The van der Waals surface area contributed by atoms with Gasteiger partial charge in [-0.15, -0.1) is 10.2 Å². The summed E-state index contributed by atoms with van der Waals surface area (Å²) in [6, 6.07) is 1.56. The monoisotopic (exact) mass is 309 g/mol. The molecule has 0 aliphatic carbocycles. The maximum atomic E-state index is 12.3. The van der Waals surface area contributed by atoms with Crippen molar-refractivity contribution in [3.8, 4) is 5.88 Å². The van der Waals surface area contributed by atoms with E-state index >= 15 is 0 Å². The number of aromatic hydroxyl groups is 1. The largest absolute Gasteiger partial charge is 0.493 e. The third-order valence-corrected chi connectivity index (χ3v) is 3.32. The Labute approximate surface area is 125 Å². The Bertz CT molecular complexity index is 802. The molecule has 2 rings (SSSR count). The molecule has 21 heavy (non-hydrogen) atoms. The van der Waals surface area contributed by atoms with Crippen LogP contribution in [0.3, 0.4) is 0 Å². The zero-order valence-corrected chi connectivity index (χ0v) is 12.7. The molecule has 112 valence electrons. The molecule has 0 unspecified atom stereocenters. The lowest BCUT2D eigenvalue weighted by atomic mass is 10.4. The van der Waals surface area contributed by atoms with Crippen molar-refractivity contribution >= 4 is 23.7 Å². The van der Waals surface area contributed by atoms with Crippen molar-refractivity contribution in [1.82, 2.24) is 14.3 Å². The van der Waals surface area contributed by atoms with E-state index in [1.165, 1.54) is 9.13 Å². The Hall–Kier alpha value is -2.29. The molecule has 0 spiro atoms. The van der Waals surface area contributed by atoms with Crippen molar-refractivity contribution in [2.24, 2.45) is 10.2 Å². The Balaban J connectivity index is 2.60. The standard InChI is InChI=1S/C12H15N5O3S/c1-4-16-10(18)9(11(19)17(5-2)12(16)21)14-13-8-6-7(3)20-15-8/h6,18H,4-5H2,1-3H3. The first-order chi connectivity index (χ1) is 9.99. The summed E-state index contributed by atoms with van der Waals surface area (Å²) in [7, 11) is 0. The lowest BCUT2D eigenvalue weighted by Crippen LogP contribution is -2.24. The molecule has 0 aromatic carbocycles. The van der Waals surface area contributed by atoms with Gasteiger partial charge in [-0.3, -0.25) is 13.9 Å². The molecule has 0 bridgehead atoms. The minimum atomic E-state index is -0.492. The van der Waals surface area contributed by atoms with Crippen LogP contribution in [-0.2, 0) is 13.1 Å². The van der Waals surface area contributed by atoms with E-state index in [0.717, 1.165) is 0 Å². The van der Waals surface area contributed by atoms with E-state index in [2.05, 4.69) is 15.4 Å². The van der Waals surface area contributed by atoms with Gasteiger partial charge in [0.15, 0.2) is 4.77 Å². The number of aryl methyl sites for hydroxylation is 1. The second-order valence-electron chi connectivity index (χ2n) is 4.24. The van der Waals surface area contributed by atoms with Crippen molar-refractivity contribution in [2.45, 2.75) is 33.9 Å². The summed E-state index contributed by atoms with van der Waals surface area (Å²) in [6.45, 7) is 6.10. The van der Waals surface area contributed by atoms with E-state index < -0.39 is 5.56 Å². The molecule has 2 aromatic heterocycles. The van der Waals surface area contributed by atoms with Gasteiger partial charge in [0.05, 0.1) is 0 Å². The van der Waals surface area contributed by atoms with Gasteiger partial charge in [-0.2, -0.15) is 0 Å². The van der Waals surface area contributed by atoms with Crippen molar-refractivity contribution in [3.63, 3.8) is 0 Å². The quantitative estimate of drug-likeness (QED) is 0.691. The summed E-state index contributed by atoms with van der Waals surface area (Å²) in [4.78, 5) is 12.3. The predicted octanol–water partition coefficient (Wildman–Crippen LogP) is 2.84. The summed E-state index contributed by atoms with van der Waals surface area (Å²) in [6.07, 6.45) is 0. The smallest absolute Gasteiger partial charge is 0.286 e. The van der Waals surface area contributed by atoms with Crippen molar-refractivity contribution in [3.05, 3.63) is 27.0 Å². The molecule has 0 aliphatic heterocycles. The van der Waals surface area contributed by atoms with Crippen LogP contribution in [0.15, 0.2) is 25.6 Å². The third kappa shape index (κ3) is 2.77. The van der Waals surface area contributed by atoms with Gasteiger partial charge in [0.1, 0.15) is 5.76 Å². The average molecular weight is 309 g/mol. The van der Waals surface area contributed by atoms with E-state index in [-0.39, 0.29) is 22.2 Å². The van der Waals surface area contributed by atoms with Crippen LogP contribution >= 0.6 is 12.2 Å². The Morgan fingerprint density at radius 3 is 2.52 bits per heavy atom. The fraction of sp³-hybridized carbons (Fsp3) is 0.417. The van der Waals surface area contributed by atoms with E-state index in [1.54, 1.807) is 19.9 Å². The van der Waals surface area contributed by atoms with Crippen molar-refractivity contribution in [2.75, 3.05) is 0 Å². The number of rotatable bonds is 4. The highest BCUT2D eigenvalue weighted by atomic mass is 32.1. The van der Waals surface area contributed by atoms with Gasteiger partial charge in [0.25, 0.3) is 5.56 Å². The minimum absolute atomic E-state index is 0.173. The molecule has 1 N–H and O–H groups in total. The molecule has 0 fully saturated rings. The average Bonchev–Trinajstić information content (AvgIpc) is 2.85. The zero-order chi connectivity index (χ0) is 15.6. The maximum Gasteiger partial charge on any atom is 0.286 e. The number of azo groups is 1. The lowest BCUT2D eigenvalue weighted by molar-refractivity contribution is 0.397. The summed E-state index contributed by atoms with van der Waals surface area (Å²) in [5, 5.41) is 21.4. The van der Waals surface area contributed by atoms with E-state index in [0.29, 0.717) is 18.8 Å². The van der Waals surface area contributed by atoms with Crippen molar-refractivity contribution in [1.29, 1.82) is 0 Å². The molecule has 0 atom stereocenters. The SMILES string of the molecule is CCn1c(O)c(N=Nc2cc(C)on2)c(=O)n(CC)c1=S. The number of hydrogen-bond donors (Lipinski definition) is 1. The van der Waals surface area contributed by atoms with Crippen LogP contribution in [0.2, 0.25) is 0 Å². The van der Waals surface area contributed by atoms with Gasteiger partial charge in [-0.1, -0.05) is 5.16 Å². The second-order valence-corrected chi connectivity index (χ2v) is 4.61. The number of aromatic nitrogens is 3. The van der Waals surface area contributed by atoms with Crippen LogP contribution in [0.25, 0.3) is 0 Å². The van der Waals surface area contributed by atoms with Crippen molar-refractivity contribution < 1.29 is 9.63 Å². The maximum absolute atomic E-state index is 12.3. The minimum Gasteiger partial charge on any atom is -0.493 e. The topological polar surface area (TPSA) is 97.9 Å². The molecule has 0 aliphatic rings. The molecule has 9 heteroatoms. The molecule has 0 amide bonds. The number of hydrogen-bond acceptors (Lipinski definition) is 7. The fourth-order valence-corrected chi connectivity index (χ4v) is 2.26. The third-order valence-electron chi connectivity index (χ3n) is 2.88. The Morgan fingerprint density at radius 1 is 1.33 bits per heavy atom. The van der Waals surface area contributed by atoms with Crippen LogP contribution in [0.1, 0.15) is 19.6 Å². The van der Waals surface area contributed by atoms with Gasteiger partial charge in [0.2, 0.25) is 17.4 Å².